The fourth-order valence-corrected chi connectivity index (χ4v) is 4.48. The number of benzene rings is 1. The van der Waals surface area contributed by atoms with Crippen LogP contribution in [0.2, 0.25) is 0 Å². The highest BCUT2D eigenvalue weighted by Gasteiger charge is 2.20. The first kappa shape index (κ1) is 16.3. The van der Waals surface area contributed by atoms with E-state index in [1.807, 2.05) is 6.07 Å². The highest BCUT2D eigenvalue weighted by atomic mass is 79.9. The summed E-state index contributed by atoms with van der Waals surface area (Å²) < 4.78 is 7.58. The number of hydrogen-bond acceptors (Lipinski definition) is 2. The molecule has 0 bridgehead atoms. The molecule has 0 radical (unpaired) electrons. The maximum Gasteiger partial charge on any atom is 0.137 e. The molecule has 0 saturated heterocycles. The summed E-state index contributed by atoms with van der Waals surface area (Å²) in [6.45, 7) is 3.17. The van der Waals surface area contributed by atoms with Crippen molar-refractivity contribution < 1.29 is 4.74 Å². The molecule has 112 valence electrons. The minimum atomic E-state index is 0.653. The van der Waals surface area contributed by atoms with Crippen LogP contribution in [0.25, 0.3) is 0 Å². The second kappa shape index (κ2) is 7.81. The van der Waals surface area contributed by atoms with Gasteiger partial charge in [0.2, 0.25) is 0 Å². The molecular formula is C16H23Br2NO. The van der Waals surface area contributed by atoms with E-state index in [2.05, 4.69) is 50.2 Å². The Morgan fingerprint density at radius 3 is 2.50 bits per heavy atom. The zero-order chi connectivity index (χ0) is 14.5. The van der Waals surface area contributed by atoms with Gasteiger partial charge < -0.3 is 10.1 Å². The number of hydrogen-bond donors (Lipinski definition) is 1. The molecule has 2 rings (SSSR count). The van der Waals surface area contributed by atoms with Crippen molar-refractivity contribution in [1.29, 1.82) is 0 Å². The molecule has 20 heavy (non-hydrogen) atoms. The SMILES string of the molecule is CCC1CCC(NCc2cc(Br)cc(Br)c2OC)CC1. The Balaban J connectivity index is 1.94. The lowest BCUT2D eigenvalue weighted by Gasteiger charge is -2.28. The predicted molar refractivity (Wildman–Crippen MR) is 91.3 cm³/mol. The van der Waals surface area contributed by atoms with E-state index < -0.39 is 0 Å². The maximum absolute atomic E-state index is 5.50. The lowest BCUT2D eigenvalue weighted by atomic mass is 9.84. The van der Waals surface area contributed by atoms with Crippen LogP contribution in [0.5, 0.6) is 5.75 Å². The van der Waals surface area contributed by atoms with Crippen molar-refractivity contribution in [1.82, 2.24) is 5.32 Å². The van der Waals surface area contributed by atoms with Gasteiger partial charge in [0.1, 0.15) is 5.75 Å². The van der Waals surface area contributed by atoms with Gasteiger partial charge in [0, 0.05) is 22.6 Å². The first-order valence-corrected chi connectivity index (χ1v) is 8.98. The smallest absolute Gasteiger partial charge is 0.137 e. The summed E-state index contributed by atoms with van der Waals surface area (Å²) in [7, 11) is 1.73. The quantitative estimate of drug-likeness (QED) is 0.720. The lowest BCUT2D eigenvalue weighted by molar-refractivity contribution is 0.284. The minimum absolute atomic E-state index is 0.653. The highest BCUT2D eigenvalue weighted by Crippen LogP contribution is 2.33. The summed E-state index contributed by atoms with van der Waals surface area (Å²) in [5, 5.41) is 3.69. The molecule has 0 heterocycles. The highest BCUT2D eigenvalue weighted by molar-refractivity contribution is 9.11. The van der Waals surface area contributed by atoms with E-state index in [1.54, 1.807) is 7.11 Å². The molecule has 1 fully saturated rings. The van der Waals surface area contributed by atoms with Crippen LogP contribution in [0.15, 0.2) is 21.1 Å². The van der Waals surface area contributed by atoms with Gasteiger partial charge in [0.15, 0.2) is 0 Å². The predicted octanol–water partition coefficient (Wildman–Crippen LogP) is 5.28. The van der Waals surface area contributed by atoms with Crippen molar-refractivity contribution in [2.75, 3.05) is 7.11 Å². The first-order valence-electron chi connectivity index (χ1n) is 7.39. The standard InChI is InChI=1S/C16H23Br2NO/c1-3-11-4-6-14(7-5-11)19-10-12-8-13(17)9-15(18)16(12)20-2/h8-9,11,14,19H,3-7,10H2,1-2H3. The van der Waals surface area contributed by atoms with E-state index in [0.29, 0.717) is 6.04 Å². The second-order valence-electron chi connectivity index (χ2n) is 5.59. The van der Waals surface area contributed by atoms with Gasteiger partial charge in [0.05, 0.1) is 11.6 Å². The van der Waals surface area contributed by atoms with Gasteiger partial charge in [-0.3, -0.25) is 0 Å². The summed E-state index contributed by atoms with van der Waals surface area (Å²) in [5.41, 5.74) is 1.20. The second-order valence-corrected chi connectivity index (χ2v) is 7.36. The zero-order valence-corrected chi connectivity index (χ0v) is 15.4. The molecule has 1 aromatic carbocycles. The summed E-state index contributed by atoms with van der Waals surface area (Å²) in [4.78, 5) is 0. The average Bonchev–Trinajstić information content (AvgIpc) is 2.45. The maximum atomic E-state index is 5.50. The topological polar surface area (TPSA) is 21.3 Å². The Kier molecular flexibility index (Phi) is 6.37. The molecule has 0 aromatic heterocycles. The van der Waals surface area contributed by atoms with Gasteiger partial charge in [-0.15, -0.1) is 0 Å². The lowest BCUT2D eigenvalue weighted by Crippen LogP contribution is -2.32. The normalized spacial score (nSPS) is 22.8. The fourth-order valence-electron chi connectivity index (χ4n) is 3.00. The molecule has 1 aliphatic carbocycles. The Morgan fingerprint density at radius 2 is 1.90 bits per heavy atom. The molecule has 0 unspecified atom stereocenters. The Hall–Kier alpha value is -0.0600. The molecule has 2 nitrogen and oxygen atoms in total. The molecule has 1 aromatic rings. The van der Waals surface area contributed by atoms with E-state index in [9.17, 15) is 0 Å². The Labute approximate surface area is 138 Å². The van der Waals surface area contributed by atoms with E-state index in [4.69, 9.17) is 4.74 Å². The summed E-state index contributed by atoms with van der Waals surface area (Å²) in [5.74, 6) is 1.88. The van der Waals surface area contributed by atoms with Crippen molar-refractivity contribution in [3.05, 3.63) is 26.6 Å². The summed E-state index contributed by atoms with van der Waals surface area (Å²) in [6, 6.07) is 4.81. The number of halogens is 2. The third-order valence-electron chi connectivity index (χ3n) is 4.29. The van der Waals surface area contributed by atoms with Gasteiger partial charge >= 0.3 is 0 Å². The summed E-state index contributed by atoms with van der Waals surface area (Å²) in [6.07, 6.45) is 6.67. The van der Waals surface area contributed by atoms with Crippen LogP contribution in [0.3, 0.4) is 0 Å². The molecular weight excluding hydrogens is 382 g/mol. The third kappa shape index (κ3) is 4.22. The molecule has 0 amide bonds. The molecule has 0 aliphatic heterocycles. The van der Waals surface area contributed by atoms with Crippen molar-refractivity contribution in [3.63, 3.8) is 0 Å². The van der Waals surface area contributed by atoms with Crippen LogP contribution in [0.1, 0.15) is 44.6 Å². The summed E-state index contributed by atoms with van der Waals surface area (Å²) >= 11 is 7.10. The van der Waals surface area contributed by atoms with E-state index in [0.717, 1.165) is 27.2 Å². The van der Waals surface area contributed by atoms with Gasteiger partial charge in [-0.25, -0.2) is 0 Å². The van der Waals surface area contributed by atoms with Crippen molar-refractivity contribution in [2.45, 2.75) is 51.6 Å². The van der Waals surface area contributed by atoms with Crippen molar-refractivity contribution in [2.24, 2.45) is 5.92 Å². The average molecular weight is 405 g/mol. The zero-order valence-electron chi connectivity index (χ0n) is 12.2. The third-order valence-corrected chi connectivity index (χ3v) is 5.34. The van der Waals surface area contributed by atoms with Crippen LogP contribution in [0, 0.1) is 5.92 Å². The fraction of sp³-hybridized carbons (Fsp3) is 0.625. The number of methoxy groups -OCH3 is 1. The van der Waals surface area contributed by atoms with Crippen LogP contribution in [0.4, 0.5) is 0 Å². The van der Waals surface area contributed by atoms with E-state index in [-0.39, 0.29) is 0 Å². The molecule has 1 N–H and O–H groups in total. The number of ether oxygens (including phenoxy) is 1. The number of rotatable bonds is 5. The van der Waals surface area contributed by atoms with Crippen molar-refractivity contribution in [3.8, 4) is 5.75 Å². The molecule has 1 aliphatic rings. The molecule has 0 atom stereocenters. The monoisotopic (exact) mass is 403 g/mol. The van der Waals surface area contributed by atoms with E-state index >= 15 is 0 Å². The largest absolute Gasteiger partial charge is 0.495 e. The van der Waals surface area contributed by atoms with Crippen LogP contribution in [-0.2, 0) is 6.54 Å². The van der Waals surface area contributed by atoms with Crippen molar-refractivity contribution >= 4 is 31.9 Å². The van der Waals surface area contributed by atoms with Gasteiger partial charge in [0.25, 0.3) is 0 Å². The minimum Gasteiger partial charge on any atom is -0.495 e. The Bertz CT molecular complexity index is 442. The molecule has 0 spiro atoms. The van der Waals surface area contributed by atoms with Crippen LogP contribution in [-0.4, -0.2) is 13.2 Å². The van der Waals surface area contributed by atoms with Gasteiger partial charge in [-0.2, -0.15) is 0 Å². The van der Waals surface area contributed by atoms with E-state index in [1.165, 1.54) is 37.7 Å². The Morgan fingerprint density at radius 1 is 1.20 bits per heavy atom. The molecule has 4 heteroatoms. The first-order chi connectivity index (χ1) is 9.63. The molecule has 1 saturated carbocycles. The van der Waals surface area contributed by atoms with Crippen LogP contribution < -0.4 is 10.1 Å². The van der Waals surface area contributed by atoms with Gasteiger partial charge in [-0.1, -0.05) is 29.3 Å². The van der Waals surface area contributed by atoms with Gasteiger partial charge in [-0.05, 0) is 59.7 Å². The van der Waals surface area contributed by atoms with Crippen LogP contribution >= 0.6 is 31.9 Å². The number of nitrogens with one attached hydrogen (secondary N) is 1.